The van der Waals surface area contributed by atoms with Gasteiger partial charge in [-0.3, -0.25) is 4.90 Å². The summed E-state index contributed by atoms with van der Waals surface area (Å²) in [5.41, 5.74) is 8.66. The Labute approximate surface area is 112 Å². The Hall–Kier alpha value is -1.16. The number of benzene rings is 1. The van der Waals surface area contributed by atoms with Crippen molar-refractivity contribution in [2.45, 2.75) is 26.1 Å². The van der Waals surface area contributed by atoms with E-state index in [4.69, 9.17) is 5.73 Å². The number of hydrogen-bond donors (Lipinski definition) is 1. The predicted molar refractivity (Wildman–Crippen MR) is 76.5 cm³/mol. The standard InChI is InChI=1S/C15H18N2S/c16-9-14-5-6-15(18-14)11-17-8-7-12-3-1-2-4-13(12)10-17/h1-6H,7-11,16H2. The van der Waals surface area contributed by atoms with E-state index in [2.05, 4.69) is 41.3 Å². The lowest BCUT2D eigenvalue weighted by molar-refractivity contribution is 0.248. The summed E-state index contributed by atoms with van der Waals surface area (Å²) in [4.78, 5) is 5.23. The molecule has 0 saturated carbocycles. The van der Waals surface area contributed by atoms with E-state index >= 15 is 0 Å². The minimum absolute atomic E-state index is 0.660. The second-order valence-electron chi connectivity index (χ2n) is 4.80. The van der Waals surface area contributed by atoms with E-state index in [1.807, 2.05) is 11.3 Å². The van der Waals surface area contributed by atoms with Crippen LogP contribution < -0.4 is 5.73 Å². The van der Waals surface area contributed by atoms with Gasteiger partial charge in [-0.25, -0.2) is 0 Å². The normalized spacial score (nSPS) is 15.6. The van der Waals surface area contributed by atoms with Crippen molar-refractivity contribution in [2.75, 3.05) is 6.54 Å². The monoisotopic (exact) mass is 258 g/mol. The predicted octanol–water partition coefficient (Wildman–Crippen LogP) is 2.77. The molecule has 0 atom stereocenters. The van der Waals surface area contributed by atoms with Crippen molar-refractivity contribution in [1.82, 2.24) is 4.90 Å². The Bertz CT molecular complexity index is 533. The summed E-state index contributed by atoms with van der Waals surface area (Å²) in [7, 11) is 0. The zero-order chi connectivity index (χ0) is 12.4. The number of fused-ring (bicyclic) bond motifs is 1. The number of nitrogens with two attached hydrogens (primary N) is 1. The molecule has 0 aliphatic carbocycles. The molecule has 0 bridgehead atoms. The van der Waals surface area contributed by atoms with Crippen LogP contribution in [0.3, 0.4) is 0 Å². The van der Waals surface area contributed by atoms with E-state index in [0.29, 0.717) is 6.54 Å². The summed E-state index contributed by atoms with van der Waals surface area (Å²) in [5.74, 6) is 0. The van der Waals surface area contributed by atoms with Crippen molar-refractivity contribution < 1.29 is 0 Å². The summed E-state index contributed by atoms with van der Waals surface area (Å²) in [6, 6.07) is 13.2. The van der Waals surface area contributed by atoms with E-state index < -0.39 is 0 Å². The zero-order valence-electron chi connectivity index (χ0n) is 10.4. The Kier molecular flexibility index (Phi) is 3.46. The molecule has 1 aromatic carbocycles. The first-order chi connectivity index (χ1) is 8.85. The maximum absolute atomic E-state index is 5.66. The van der Waals surface area contributed by atoms with Gasteiger partial charge in [-0.15, -0.1) is 11.3 Å². The molecule has 0 unspecified atom stereocenters. The average molecular weight is 258 g/mol. The molecule has 0 radical (unpaired) electrons. The van der Waals surface area contributed by atoms with Crippen LogP contribution in [0.4, 0.5) is 0 Å². The quantitative estimate of drug-likeness (QED) is 0.917. The third-order valence-corrected chi connectivity index (χ3v) is 4.60. The molecule has 2 aromatic rings. The molecule has 1 aliphatic heterocycles. The summed E-state index contributed by atoms with van der Waals surface area (Å²) in [6.45, 7) is 3.95. The van der Waals surface area contributed by atoms with Gasteiger partial charge in [0.1, 0.15) is 0 Å². The summed E-state index contributed by atoms with van der Waals surface area (Å²) >= 11 is 1.84. The first-order valence-corrected chi connectivity index (χ1v) is 7.23. The van der Waals surface area contributed by atoms with E-state index in [0.717, 1.165) is 19.6 Å². The highest BCUT2D eigenvalue weighted by Gasteiger charge is 2.16. The van der Waals surface area contributed by atoms with Gasteiger partial charge in [-0.05, 0) is 29.7 Å². The van der Waals surface area contributed by atoms with Gasteiger partial charge in [0.2, 0.25) is 0 Å². The zero-order valence-corrected chi connectivity index (χ0v) is 11.2. The van der Waals surface area contributed by atoms with Crippen LogP contribution >= 0.6 is 11.3 Å². The third-order valence-electron chi connectivity index (χ3n) is 3.51. The average Bonchev–Trinajstić information content (AvgIpc) is 2.86. The molecule has 2 heterocycles. The molecule has 1 aromatic heterocycles. The second-order valence-corrected chi connectivity index (χ2v) is 6.05. The van der Waals surface area contributed by atoms with Crippen LogP contribution in [0.1, 0.15) is 20.9 Å². The van der Waals surface area contributed by atoms with Crippen LogP contribution in [-0.4, -0.2) is 11.4 Å². The number of hydrogen-bond acceptors (Lipinski definition) is 3. The lowest BCUT2D eigenvalue weighted by Crippen LogP contribution is -2.29. The van der Waals surface area contributed by atoms with E-state index in [1.165, 1.54) is 27.3 Å². The lowest BCUT2D eigenvalue weighted by atomic mass is 10.00. The molecule has 2 N–H and O–H groups in total. The van der Waals surface area contributed by atoms with Crippen LogP contribution in [0, 0.1) is 0 Å². The molecule has 2 nitrogen and oxygen atoms in total. The number of rotatable bonds is 3. The van der Waals surface area contributed by atoms with Crippen LogP contribution in [0.25, 0.3) is 0 Å². The van der Waals surface area contributed by atoms with Crippen molar-refractivity contribution in [3.8, 4) is 0 Å². The molecule has 3 heteroatoms. The highest BCUT2D eigenvalue weighted by Crippen LogP contribution is 2.23. The highest BCUT2D eigenvalue weighted by molar-refractivity contribution is 7.11. The number of nitrogens with zero attached hydrogens (tertiary/aromatic N) is 1. The van der Waals surface area contributed by atoms with Gasteiger partial charge < -0.3 is 5.73 Å². The van der Waals surface area contributed by atoms with Crippen molar-refractivity contribution in [1.29, 1.82) is 0 Å². The molecule has 0 fully saturated rings. The first-order valence-electron chi connectivity index (χ1n) is 6.42. The molecule has 0 spiro atoms. The molecule has 0 amide bonds. The molecule has 0 saturated heterocycles. The Morgan fingerprint density at radius 3 is 2.61 bits per heavy atom. The summed E-state index contributed by atoms with van der Waals surface area (Å²) in [5, 5.41) is 0. The first kappa shape index (κ1) is 11.9. The molecule has 1 aliphatic rings. The van der Waals surface area contributed by atoms with Crippen LogP contribution in [0.5, 0.6) is 0 Å². The van der Waals surface area contributed by atoms with E-state index in [-0.39, 0.29) is 0 Å². The maximum atomic E-state index is 5.66. The van der Waals surface area contributed by atoms with E-state index in [1.54, 1.807) is 0 Å². The Balaban J connectivity index is 1.69. The molecule has 94 valence electrons. The van der Waals surface area contributed by atoms with Gasteiger partial charge in [0, 0.05) is 35.9 Å². The molecular weight excluding hydrogens is 240 g/mol. The largest absolute Gasteiger partial charge is 0.326 e. The highest BCUT2D eigenvalue weighted by atomic mass is 32.1. The molecular formula is C15H18N2S. The lowest BCUT2D eigenvalue weighted by Gasteiger charge is -2.28. The SMILES string of the molecule is NCc1ccc(CN2CCc3ccccc3C2)s1. The fourth-order valence-electron chi connectivity index (χ4n) is 2.53. The molecule has 3 rings (SSSR count). The van der Waals surface area contributed by atoms with Crippen molar-refractivity contribution >= 4 is 11.3 Å². The van der Waals surface area contributed by atoms with Gasteiger partial charge >= 0.3 is 0 Å². The number of thiophene rings is 1. The van der Waals surface area contributed by atoms with Crippen molar-refractivity contribution in [3.05, 3.63) is 57.3 Å². The van der Waals surface area contributed by atoms with Gasteiger partial charge in [0.05, 0.1) is 0 Å². The Morgan fingerprint density at radius 1 is 1.06 bits per heavy atom. The molecule has 18 heavy (non-hydrogen) atoms. The third kappa shape index (κ3) is 2.48. The minimum Gasteiger partial charge on any atom is -0.326 e. The van der Waals surface area contributed by atoms with Gasteiger partial charge in [-0.2, -0.15) is 0 Å². The fourth-order valence-corrected chi connectivity index (χ4v) is 3.47. The van der Waals surface area contributed by atoms with Gasteiger partial charge in [-0.1, -0.05) is 24.3 Å². The summed E-state index contributed by atoms with van der Waals surface area (Å²) < 4.78 is 0. The van der Waals surface area contributed by atoms with Crippen molar-refractivity contribution in [2.24, 2.45) is 5.73 Å². The van der Waals surface area contributed by atoms with Gasteiger partial charge in [0.25, 0.3) is 0 Å². The van der Waals surface area contributed by atoms with Crippen LogP contribution in [-0.2, 0) is 26.1 Å². The maximum Gasteiger partial charge on any atom is 0.0331 e. The smallest absolute Gasteiger partial charge is 0.0331 e. The Morgan fingerprint density at radius 2 is 1.83 bits per heavy atom. The fraction of sp³-hybridized carbons (Fsp3) is 0.333. The van der Waals surface area contributed by atoms with E-state index in [9.17, 15) is 0 Å². The summed E-state index contributed by atoms with van der Waals surface area (Å²) in [6.07, 6.45) is 1.17. The van der Waals surface area contributed by atoms with Gasteiger partial charge in [0.15, 0.2) is 0 Å². The van der Waals surface area contributed by atoms with Crippen LogP contribution in [0.2, 0.25) is 0 Å². The minimum atomic E-state index is 0.660. The van der Waals surface area contributed by atoms with Crippen molar-refractivity contribution in [3.63, 3.8) is 0 Å². The van der Waals surface area contributed by atoms with Crippen LogP contribution in [0.15, 0.2) is 36.4 Å². The second kappa shape index (κ2) is 5.22. The topological polar surface area (TPSA) is 29.3 Å².